The summed E-state index contributed by atoms with van der Waals surface area (Å²) in [7, 11) is 0. The summed E-state index contributed by atoms with van der Waals surface area (Å²) < 4.78 is 0. The number of hydrogen-bond donors (Lipinski definition) is 4. The van der Waals surface area contributed by atoms with Gasteiger partial charge in [-0.15, -0.1) is 0 Å². The average molecular weight is 429 g/mol. The second-order valence-corrected chi connectivity index (χ2v) is 8.27. The van der Waals surface area contributed by atoms with Crippen molar-refractivity contribution in [1.29, 1.82) is 0 Å². The van der Waals surface area contributed by atoms with E-state index in [1.165, 1.54) is 11.1 Å². The number of rotatable bonds is 12. The molecule has 0 aliphatic heterocycles. The van der Waals surface area contributed by atoms with E-state index in [-0.39, 0.29) is 11.8 Å². The van der Waals surface area contributed by atoms with Crippen molar-refractivity contribution < 1.29 is 9.59 Å². The highest BCUT2D eigenvalue weighted by atomic mass is 16.2. The summed E-state index contributed by atoms with van der Waals surface area (Å²) in [5, 5.41) is 6.03. The summed E-state index contributed by atoms with van der Waals surface area (Å²) in [6, 6.07) is 0. The fourth-order valence-corrected chi connectivity index (χ4v) is 4.22. The summed E-state index contributed by atoms with van der Waals surface area (Å²) in [5.74, 6) is -0.0810. The third kappa shape index (κ3) is 5.81. The van der Waals surface area contributed by atoms with Gasteiger partial charge >= 0.3 is 0 Å². The zero-order valence-corrected chi connectivity index (χ0v) is 20.2. The van der Waals surface area contributed by atoms with Crippen LogP contribution in [0.5, 0.6) is 0 Å². The van der Waals surface area contributed by atoms with E-state index in [1.807, 2.05) is 13.8 Å². The summed E-state index contributed by atoms with van der Waals surface area (Å²) in [6.07, 6.45) is 6.41. The standard InChI is InChI=1S/C25H40N4O2/c1-7-11-13-26-24(30)22-16(5)18(9-3)20(28-22)15-21-19(10-4)17(6)23(29-21)25(31)27-14-12-8-2/h28-29H,7-15H2,1-6H3,(H,26,30)(H,27,31). The molecule has 0 saturated heterocycles. The quantitative estimate of drug-likeness (QED) is 0.368. The molecule has 2 heterocycles. The van der Waals surface area contributed by atoms with Crippen LogP contribution in [0.25, 0.3) is 0 Å². The maximum absolute atomic E-state index is 12.7. The molecular weight excluding hydrogens is 388 g/mol. The molecule has 0 fully saturated rings. The number of carbonyl (C=O) groups excluding carboxylic acids is 2. The highest BCUT2D eigenvalue weighted by Crippen LogP contribution is 2.26. The Kier molecular flexibility index (Phi) is 9.41. The Morgan fingerprint density at radius 1 is 0.710 bits per heavy atom. The van der Waals surface area contributed by atoms with Crippen LogP contribution in [-0.2, 0) is 19.3 Å². The Balaban J connectivity index is 2.31. The van der Waals surface area contributed by atoms with Crippen LogP contribution in [0.1, 0.15) is 108 Å². The molecule has 172 valence electrons. The van der Waals surface area contributed by atoms with Gasteiger partial charge in [-0.25, -0.2) is 0 Å². The van der Waals surface area contributed by atoms with Crippen molar-refractivity contribution in [3.8, 4) is 0 Å². The second-order valence-electron chi connectivity index (χ2n) is 8.27. The van der Waals surface area contributed by atoms with Gasteiger partial charge in [-0.2, -0.15) is 0 Å². The van der Waals surface area contributed by atoms with E-state index in [4.69, 9.17) is 0 Å². The van der Waals surface area contributed by atoms with Gasteiger partial charge in [0.15, 0.2) is 0 Å². The fraction of sp³-hybridized carbons (Fsp3) is 0.600. The first-order valence-corrected chi connectivity index (χ1v) is 11.9. The van der Waals surface area contributed by atoms with Gasteiger partial charge in [0.2, 0.25) is 0 Å². The number of unbranched alkanes of at least 4 members (excludes halogenated alkanes) is 2. The van der Waals surface area contributed by atoms with E-state index in [1.54, 1.807) is 0 Å². The van der Waals surface area contributed by atoms with Crippen LogP contribution < -0.4 is 10.6 Å². The van der Waals surface area contributed by atoms with E-state index in [2.05, 4.69) is 48.3 Å². The molecule has 0 unspecified atom stereocenters. The monoisotopic (exact) mass is 428 g/mol. The van der Waals surface area contributed by atoms with Crippen LogP contribution >= 0.6 is 0 Å². The molecule has 0 aromatic carbocycles. The molecule has 2 rings (SSSR count). The van der Waals surface area contributed by atoms with Gasteiger partial charge in [-0.3, -0.25) is 9.59 Å². The lowest BCUT2D eigenvalue weighted by Crippen LogP contribution is -2.25. The molecule has 0 bridgehead atoms. The molecule has 4 N–H and O–H groups in total. The number of nitrogens with one attached hydrogen (secondary N) is 4. The number of hydrogen-bond acceptors (Lipinski definition) is 2. The van der Waals surface area contributed by atoms with Gasteiger partial charge in [0.05, 0.1) is 0 Å². The molecule has 0 spiro atoms. The lowest BCUT2D eigenvalue weighted by atomic mass is 10.0. The molecule has 2 aromatic rings. The number of amides is 2. The SMILES string of the molecule is CCCCNC(=O)c1[nH]c(Cc2[nH]c(C(=O)NCCCC)c(C)c2CC)c(CC)c1C. The first-order chi connectivity index (χ1) is 14.9. The zero-order valence-electron chi connectivity index (χ0n) is 20.2. The largest absolute Gasteiger partial charge is 0.354 e. The van der Waals surface area contributed by atoms with Crippen LogP contribution in [0, 0.1) is 13.8 Å². The Morgan fingerprint density at radius 3 is 1.42 bits per heavy atom. The van der Waals surface area contributed by atoms with Crippen LogP contribution in [-0.4, -0.2) is 34.9 Å². The third-order valence-electron chi connectivity index (χ3n) is 6.08. The lowest BCUT2D eigenvalue weighted by molar-refractivity contribution is 0.0940. The number of aromatic nitrogens is 2. The van der Waals surface area contributed by atoms with E-state index >= 15 is 0 Å². The van der Waals surface area contributed by atoms with Crippen molar-refractivity contribution in [2.75, 3.05) is 13.1 Å². The number of carbonyl (C=O) groups is 2. The molecule has 2 amide bonds. The van der Waals surface area contributed by atoms with Gasteiger partial charge in [-0.05, 0) is 61.8 Å². The summed E-state index contributed by atoms with van der Waals surface area (Å²) >= 11 is 0. The molecule has 6 nitrogen and oxygen atoms in total. The predicted molar refractivity (Wildman–Crippen MR) is 127 cm³/mol. The maximum Gasteiger partial charge on any atom is 0.267 e. The molecule has 0 aliphatic rings. The van der Waals surface area contributed by atoms with Gasteiger partial charge in [0, 0.05) is 30.9 Å². The van der Waals surface area contributed by atoms with Crippen molar-refractivity contribution in [1.82, 2.24) is 20.6 Å². The zero-order chi connectivity index (χ0) is 23.0. The van der Waals surface area contributed by atoms with E-state index < -0.39 is 0 Å². The van der Waals surface area contributed by atoms with E-state index in [9.17, 15) is 9.59 Å². The maximum atomic E-state index is 12.7. The smallest absolute Gasteiger partial charge is 0.267 e. The molecule has 6 heteroatoms. The molecule has 0 radical (unpaired) electrons. The molecule has 31 heavy (non-hydrogen) atoms. The van der Waals surface area contributed by atoms with Crippen molar-refractivity contribution in [2.24, 2.45) is 0 Å². The van der Waals surface area contributed by atoms with Crippen molar-refractivity contribution >= 4 is 11.8 Å². The lowest BCUT2D eigenvalue weighted by Gasteiger charge is -2.05. The summed E-state index contributed by atoms with van der Waals surface area (Å²) in [5.41, 5.74) is 7.82. The van der Waals surface area contributed by atoms with Crippen LogP contribution in [0.4, 0.5) is 0 Å². The predicted octanol–water partition coefficient (Wildman–Crippen LogP) is 4.74. The highest BCUT2D eigenvalue weighted by molar-refractivity contribution is 5.95. The van der Waals surface area contributed by atoms with Gasteiger partial charge in [0.25, 0.3) is 11.8 Å². The Hall–Kier alpha value is -2.50. The summed E-state index contributed by atoms with van der Waals surface area (Å²) in [6.45, 7) is 13.9. The Bertz CT molecular complexity index is 820. The molecule has 0 atom stereocenters. The van der Waals surface area contributed by atoms with Gasteiger partial charge in [-0.1, -0.05) is 40.5 Å². The molecule has 0 aliphatic carbocycles. The Morgan fingerprint density at radius 2 is 1.10 bits per heavy atom. The summed E-state index contributed by atoms with van der Waals surface area (Å²) in [4.78, 5) is 32.1. The van der Waals surface area contributed by atoms with Crippen molar-refractivity contribution in [2.45, 2.75) is 86.5 Å². The van der Waals surface area contributed by atoms with Crippen LogP contribution in [0.2, 0.25) is 0 Å². The fourth-order valence-electron chi connectivity index (χ4n) is 4.22. The van der Waals surface area contributed by atoms with Crippen LogP contribution in [0.3, 0.4) is 0 Å². The van der Waals surface area contributed by atoms with Crippen LogP contribution in [0.15, 0.2) is 0 Å². The number of aromatic amines is 2. The molecule has 2 aromatic heterocycles. The van der Waals surface area contributed by atoms with Gasteiger partial charge < -0.3 is 20.6 Å². The van der Waals surface area contributed by atoms with E-state index in [0.717, 1.165) is 61.0 Å². The highest BCUT2D eigenvalue weighted by Gasteiger charge is 2.22. The molecule has 0 saturated carbocycles. The third-order valence-corrected chi connectivity index (χ3v) is 6.08. The molecular formula is C25H40N4O2. The number of H-pyrrole nitrogens is 2. The first kappa shape index (κ1) is 24.8. The second kappa shape index (κ2) is 11.8. The van der Waals surface area contributed by atoms with Gasteiger partial charge in [0.1, 0.15) is 11.4 Å². The van der Waals surface area contributed by atoms with Crippen molar-refractivity contribution in [3.63, 3.8) is 0 Å². The minimum atomic E-state index is -0.0405. The average Bonchev–Trinajstić information content (AvgIpc) is 3.24. The minimum Gasteiger partial charge on any atom is -0.354 e. The first-order valence-electron chi connectivity index (χ1n) is 11.9. The topological polar surface area (TPSA) is 89.8 Å². The van der Waals surface area contributed by atoms with Crippen molar-refractivity contribution in [3.05, 3.63) is 45.0 Å². The van der Waals surface area contributed by atoms with E-state index in [0.29, 0.717) is 30.9 Å². The Labute approximate surface area is 187 Å². The normalized spacial score (nSPS) is 11.0. The minimum absolute atomic E-state index is 0.0405.